The van der Waals surface area contributed by atoms with Gasteiger partial charge < -0.3 is 4.57 Å². The molecule has 3 rings (SSSR count). The number of hydrogen-bond acceptors (Lipinski definition) is 3. The number of aromatic nitrogens is 3. The summed E-state index contributed by atoms with van der Waals surface area (Å²) in [6.07, 6.45) is 3.08. The van der Waals surface area contributed by atoms with Gasteiger partial charge >= 0.3 is 5.69 Å². The van der Waals surface area contributed by atoms with Crippen LogP contribution in [0.25, 0.3) is 11.0 Å². The molecule has 0 radical (unpaired) electrons. The molecule has 6 nitrogen and oxygen atoms in total. The Bertz CT molecular complexity index is 1090. The van der Waals surface area contributed by atoms with Gasteiger partial charge in [-0.1, -0.05) is 25.5 Å². The molecular formula is C19H20FN3O3. The number of fused-ring (bicyclic) bond motifs is 1. The maximum absolute atomic E-state index is 13.1. The van der Waals surface area contributed by atoms with Gasteiger partial charge in [0.1, 0.15) is 16.9 Å². The molecule has 0 aliphatic heterocycles. The van der Waals surface area contributed by atoms with Crippen LogP contribution in [0.3, 0.4) is 0 Å². The van der Waals surface area contributed by atoms with Gasteiger partial charge in [0.15, 0.2) is 5.43 Å². The summed E-state index contributed by atoms with van der Waals surface area (Å²) >= 11 is 0. The Morgan fingerprint density at radius 3 is 2.46 bits per heavy atom. The Balaban J connectivity index is 2.11. The molecule has 0 fully saturated rings. The number of nitrogens with zero attached hydrogens (tertiary/aromatic N) is 1. The lowest BCUT2D eigenvalue weighted by Gasteiger charge is -2.16. The first-order chi connectivity index (χ1) is 12.5. The van der Waals surface area contributed by atoms with E-state index in [4.69, 9.17) is 0 Å². The minimum Gasteiger partial charge on any atom is -0.330 e. The Morgan fingerprint density at radius 2 is 1.77 bits per heavy atom. The van der Waals surface area contributed by atoms with Gasteiger partial charge in [0.25, 0.3) is 5.56 Å². The molecule has 0 saturated carbocycles. The van der Waals surface area contributed by atoms with Crippen molar-refractivity contribution in [1.82, 2.24) is 14.5 Å². The van der Waals surface area contributed by atoms with Crippen LogP contribution in [-0.4, -0.2) is 14.5 Å². The minimum absolute atomic E-state index is 0.0519. The van der Waals surface area contributed by atoms with E-state index in [1.165, 1.54) is 18.2 Å². The first-order valence-electron chi connectivity index (χ1n) is 8.63. The molecule has 0 bridgehead atoms. The van der Waals surface area contributed by atoms with Crippen LogP contribution >= 0.6 is 0 Å². The van der Waals surface area contributed by atoms with Crippen LogP contribution in [0.5, 0.6) is 0 Å². The van der Waals surface area contributed by atoms with Gasteiger partial charge in [0, 0.05) is 18.3 Å². The van der Waals surface area contributed by atoms with Gasteiger partial charge in [0.2, 0.25) is 0 Å². The highest BCUT2D eigenvalue weighted by atomic mass is 19.1. The van der Waals surface area contributed by atoms with Crippen LogP contribution in [0.2, 0.25) is 0 Å². The number of nitrogens with one attached hydrogen (secondary N) is 2. The molecule has 2 aromatic heterocycles. The van der Waals surface area contributed by atoms with Crippen molar-refractivity contribution in [1.29, 1.82) is 0 Å². The second-order valence-corrected chi connectivity index (χ2v) is 6.26. The van der Waals surface area contributed by atoms with Gasteiger partial charge in [-0.2, -0.15) is 0 Å². The Kier molecular flexibility index (Phi) is 5.16. The number of hydrogen-bond donors (Lipinski definition) is 2. The second-order valence-electron chi connectivity index (χ2n) is 6.26. The Hall–Kier alpha value is -2.96. The third kappa shape index (κ3) is 3.66. The largest absolute Gasteiger partial charge is 0.330 e. The van der Waals surface area contributed by atoms with E-state index in [2.05, 4.69) is 16.9 Å². The van der Waals surface area contributed by atoms with Crippen LogP contribution in [0.4, 0.5) is 4.39 Å². The van der Waals surface area contributed by atoms with Crippen molar-refractivity contribution < 1.29 is 4.39 Å². The lowest BCUT2D eigenvalue weighted by Crippen LogP contribution is -2.29. The first-order valence-corrected chi connectivity index (χ1v) is 8.63. The van der Waals surface area contributed by atoms with Gasteiger partial charge in [-0.05, 0) is 37.0 Å². The molecule has 1 aromatic carbocycles. The lowest BCUT2D eigenvalue weighted by atomic mass is 10.1. The monoisotopic (exact) mass is 357 g/mol. The fraction of sp³-hybridized carbons (Fsp3) is 0.316. The number of rotatable bonds is 6. The minimum atomic E-state index is -0.689. The zero-order valence-electron chi connectivity index (χ0n) is 14.5. The fourth-order valence-electron chi connectivity index (χ4n) is 3.06. The summed E-state index contributed by atoms with van der Waals surface area (Å²) in [5.74, 6) is -0.304. The normalized spacial score (nSPS) is 11.2. The smallest absolute Gasteiger partial charge is 0.327 e. The van der Waals surface area contributed by atoms with E-state index >= 15 is 0 Å². The van der Waals surface area contributed by atoms with Gasteiger partial charge in [-0.3, -0.25) is 19.6 Å². The maximum atomic E-state index is 13.1. The van der Waals surface area contributed by atoms with Gasteiger partial charge in [-0.15, -0.1) is 0 Å². The van der Waals surface area contributed by atoms with E-state index < -0.39 is 16.7 Å². The molecular weight excluding hydrogens is 337 g/mol. The number of unbranched alkanes of at least 4 members (excludes halogenated alkanes) is 1. The number of pyridine rings is 1. The van der Waals surface area contributed by atoms with Crippen molar-refractivity contribution in [3.8, 4) is 0 Å². The van der Waals surface area contributed by atoms with E-state index in [0.717, 1.165) is 24.1 Å². The molecule has 0 spiro atoms. The molecule has 136 valence electrons. The summed E-state index contributed by atoms with van der Waals surface area (Å²) in [5, 5.41) is -0.0519. The second kappa shape index (κ2) is 7.51. The van der Waals surface area contributed by atoms with Crippen molar-refractivity contribution in [2.45, 2.75) is 39.2 Å². The molecule has 26 heavy (non-hydrogen) atoms. The van der Waals surface area contributed by atoms with Crippen molar-refractivity contribution in [2.75, 3.05) is 0 Å². The predicted octanol–water partition coefficient (Wildman–Crippen LogP) is 2.10. The van der Waals surface area contributed by atoms with Crippen molar-refractivity contribution in [3.63, 3.8) is 0 Å². The quantitative estimate of drug-likeness (QED) is 0.708. The highest BCUT2D eigenvalue weighted by molar-refractivity contribution is 5.73. The number of aromatic amines is 2. The van der Waals surface area contributed by atoms with Crippen LogP contribution in [-0.2, 0) is 19.4 Å². The molecule has 3 aromatic rings. The number of benzene rings is 1. The molecule has 0 unspecified atom stereocenters. The Labute approximate surface area is 148 Å². The van der Waals surface area contributed by atoms with Crippen molar-refractivity contribution in [2.24, 2.45) is 0 Å². The predicted molar refractivity (Wildman–Crippen MR) is 98.2 cm³/mol. The standard InChI is InChI=1S/C19H20FN3O3/c1-2-3-4-14-11-15(24)16-17(21-19(26)22-18(16)25)23(14)10-9-12-5-7-13(20)8-6-12/h5-8,11H,2-4,9-10H2,1H3,(H2,21,22,25,26). The fourth-order valence-corrected chi connectivity index (χ4v) is 3.06. The van der Waals surface area contributed by atoms with E-state index in [0.29, 0.717) is 19.4 Å². The summed E-state index contributed by atoms with van der Waals surface area (Å²) in [6, 6.07) is 7.64. The van der Waals surface area contributed by atoms with E-state index in [1.54, 1.807) is 12.1 Å². The van der Waals surface area contributed by atoms with Crippen LogP contribution < -0.4 is 16.7 Å². The lowest BCUT2D eigenvalue weighted by molar-refractivity contribution is 0.623. The summed E-state index contributed by atoms with van der Waals surface area (Å²) < 4.78 is 14.9. The average molecular weight is 357 g/mol. The summed E-state index contributed by atoms with van der Waals surface area (Å²) in [4.78, 5) is 40.9. The topological polar surface area (TPSA) is 87.7 Å². The molecule has 0 saturated heterocycles. The molecule has 0 aliphatic rings. The summed E-state index contributed by atoms with van der Waals surface area (Å²) in [6.45, 7) is 2.51. The number of aryl methyl sites for hydroxylation is 3. The molecule has 0 aliphatic carbocycles. The molecule has 7 heteroatoms. The highest BCUT2D eigenvalue weighted by Gasteiger charge is 2.13. The van der Waals surface area contributed by atoms with Crippen molar-refractivity contribution in [3.05, 3.63) is 78.5 Å². The van der Waals surface area contributed by atoms with Crippen molar-refractivity contribution >= 4 is 11.0 Å². The van der Waals surface area contributed by atoms with E-state index in [9.17, 15) is 18.8 Å². The third-order valence-corrected chi connectivity index (χ3v) is 4.41. The summed E-state index contributed by atoms with van der Waals surface area (Å²) in [5.41, 5.74) is 0.192. The van der Waals surface area contributed by atoms with E-state index in [-0.39, 0.29) is 16.9 Å². The highest BCUT2D eigenvalue weighted by Crippen LogP contribution is 2.12. The number of H-pyrrole nitrogens is 2. The Morgan fingerprint density at radius 1 is 1.04 bits per heavy atom. The zero-order valence-corrected chi connectivity index (χ0v) is 14.5. The van der Waals surface area contributed by atoms with Crippen LogP contribution in [0, 0.1) is 5.82 Å². The molecule has 2 N–H and O–H groups in total. The van der Waals surface area contributed by atoms with Crippen LogP contribution in [0.1, 0.15) is 31.0 Å². The SMILES string of the molecule is CCCCc1cc(=O)c2c(=O)[nH]c(=O)[nH]c2n1CCc1ccc(F)cc1. The molecule has 0 amide bonds. The summed E-state index contributed by atoms with van der Waals surface area (Å²) in [7, 11) is 0. The molecule has 2 heterocycles. The van der Waals surface area contributed by atoms with E-state index in [1.807, 2.05) is 4.57 Å². The first kappa shape index (κ1) is 17.8. The zero-order chi connectivity index (χ0) is 18.7. The average Bonchev–Trinajstić information content (AvgIpc) is 2.60. The van der Waals surface area contributed by atoms with Crippen LogP contribution in [0.15, 0.2) is 44.7 Å². The third-order valence-electron chi connectivity index (χ3n) is 4.41. The van der Waals surface area contributed by atoms with Gasteiger partial charge in [0.05, 0.1) is 0 Å². The van der Waals surface area contributed by atoms with Gasteiger partial charge in [-0.25, -0.2) is 9.18 Å². The molecule has 0 atom stereocenters. The number of halogens is 1. The maximum Gasteiger partial charge on any atom is 0.327 e.